The summed E-state index contributed by atoms with van der Waals surface area (Å²) in [6.45, 7) is 6.07. The number of hydrogen-bond donors (Lipinski definition) is 4. The summed E-state index contributed by atoms with van der Waals surface area (Å²) in [6, 6.07) is 0. The van der Waals surface area contributed by atoms with E-state index in [1.807, 2.05) is 6.08 Å². The highest BCUT2D eigenvalue weighted by atomic mass is 16.6. The van der Waals surface area contributed by atoms with Gasteiger partial charge in [-0.25, -0.2) is 0 Å². The summed E-state index contributed by atoms with van der Waals surface area (Å²) in [5, 5.41) is 40.6. The topological polar surface area (TPSA) is 134 Å². The first-order valence-electron chi connectivity index (χ1n) is 18.5. The number of allylic oxidation sites excluding steroid dienone is 1. The van der Waals surface area contributed by atoms with E-state index in [0.717, 1.165) is 44.4 Å². The lowest BCUT2D eigenvalue weighted by atomic mass is 9.89. The first kappa shape index (κ1) is 42.3. The summed E-state index contributed by atoms with van der Waals surface area (Å²) in [7, 11) is 0. The van der Waals surface area contributed by atoms with Gasteiger partial charge in [-0.3, -0.25) is 9.59 Å². The van der Waals surface area contributed by atoms with Crippen molar-refractivity contribution in [1.29, 1.82) is 0 Å². The van der Waals surface area contributed by atoms with Crippen molar-refractivity contribution in [3.05, 3.63) is 24.3 Å². The lowest BCUT2D eigenvalue weighted by molar-refractivity contribution is -0.160. The third kappa shape index (κ3) is 21.2. The van der Waals surface area contributed by atoms with Crippen LogP contribution in [0.2, 0.25) is 0 Å². The van der Waals surface area contributed by atoms with E-state index in [-0.39, 0.29) is 37.3 Å². The van der Waals surface area contributed by atoms with Crippen LogP contribution < -0.4 is 0 Å². The Balaban J connectivity index is 2.18. The Bertz CT molecular complexity index is 826. The Hall–Kier alpha value is -1.74. The van der Waals surface area contributed by atoms with Gasteiger partial charge in [-0.05, 0) is 31.1 Å². The van der Waals surface area contributed by atoms with Crippen LogP contribution >= 0.6 is 0 Å². The number of carbonyl (C=O) groups excluding carboxylic acids is 2. The molecule has 0 bridgehead atoms. The van der Waals surface area contributed by atoms with Gasteiger partial charge < -0.3 is 29.9 Å². The highest BCUT2D eigenvalue weighted by Crippen LogP contribution is 2.36. The molecule has 1 rings (SSSR count). The molecule has 1 aliphatic rings. The van der Waals surface area contributed by atoms with E-state index in [4.69, 9.17) is 9.47 Å². The molecule has 0 heterocycles. The maximum absolute atomic E-state index is 12.3. The number of rotatable bonds is 28. The number of hydrogen-bond acceptors (Lipinski definition) is 8. The van der Waals surface area contributed by atoms with E-state index >= 15 is 0 Å². The van der Waals surface area contributed by atoms with Gasteiger partial charge in [-0.2, -0.15) is 0 Å². The highest BCUT2D eigenvalue weighted by molar-refractivity contribution is 5.71. The first-order chi connectivity index (χ1) is 22.2. The summed E-state index contributed by atoms with van der Waals surface area (Å²) < 4.78 is 10.5. The minimum Gasteiger partial charge on any atom is -0.462 e. The standard InChI is InChI=1S/C38H68O8/c1-4-5-15-21-31(40)25-26-34-33(35(41)27-36(34)42)22-18-19-24-38(44)46-32(28-39)29-45-37(43)23-17-14-12-10-8-6-7-9-11-13-16-20-30(2)3/h18-19,25-26,30-36,39-42H,4-17,20-24,27-29H2,1-3H3/b19-18-,26-25+/t31-,32+,33+,34-,35+,36-/m1/s1. The van der Waals surface area contributed by atoms with E-state index < -0.39 is 37.0 Å². The van der Waals surface area contributed by atoms with E-state index in [1.54, 1.807) is 18.2 Å². The molecule has 0 aromatic heterocycles. The van der Waals surface area contributed by atoms with Crippen LogP contribution in [-0.4, -0.2) is 70.0 Å². The zero-order valence-corrected chi connectivity index (χ0v) is 29.3. The maximum Gasteiger partial charge on any atom is 0.310 e. The Morgan fingerprint density at radius 2 is 1.41 bits per heavy atom. The van der Waals surface area contributed by atoms with Crippen molar-refractivity contribution in [2.24, 2.45) is 17.8 Å². The molecular weight excluding hydrogens is 584 g/mol. The molecule has 46 heavy (non-hydrogen) atoms. The molecule has 0 aromatic rings. The Morgan fingerprint density at radius 1 is 0.804 bits per heavy atom. The quantitative estimate of drug-likeness (QED) is 0.0392. The molecule has 1 saturated carbocycles. The molecule has 1 aliphatic carbocycles. The summed E-state index contributed by atoms with van der Waals surface area (Å²) in [4.78, 5) is 24.4. The molecule has 0 aromatic carbocycles. The van der Waals surface area contributed by atoms with Crippen LogP contribution in [-0.2, 0) is 19.1 Å². The molecule has 8 heteroatoms. The van der Waals surface area contributed by atoms with Gasteiger partial charge in [0.1, 0.15) is 6.61 Å². The van der Waals surface area contributed by atoms with Crippen molar-refractivity contribution >= 4 is 11.9 Å². The number of aliphatic hydroxyl groups is 4. The van der Waals surface area contributed by atoms with E-state index in [2.05, 4.69) is 20.8 Å². The average molecular weight is 653 g/mol. The molecule has 0 unspecified atom stereocenters. The minimum absolute atomic E-state index is 0.0231. The van der Waals surface area contributed by atoms with Crippen LogP contribution in [0.15, 0.2) is 24.3 Å². The Labute approximate surface area is 280 Å². The van der Waals surface area contributed by atoms with Gasteiger partial charge in [-0.1, -0.05) is 135 Å². The highest BCUT2D eigenvalue weighted by Gasteiger charge is 2.39. The monoisotopic (exact) mass is 652 g/mol. The largest absolute Gasteiger partial charge is 0.462 e. The van der Waals surface area contributed by atoms with Gasteiger partial charge in [0, 0.05) is 18.8 Å². The minimum atomic E-state index is -0.912. The Morgan fingerprint density at radius 3 is 2.02 bits per heavy atom. The average Bonchev–Trinajstić information content (AvgIpc) is 3.29. The fourth-order valence-corrected chi connectivity index (χ4v) is 6.12. The van der Waals surface area contributed by atoms with Crippen molar-refractivity contribution in [2.75, 3.05) is 13.2 Å². The van der Waals surface area contributed by atoms with Crippen molar-refractivity contribution in [3.8, 4) is 0 Å². The van der Waals surface area contributed by atoms with Crippen molar-refractivity contribution in [1.82, 2.24) is 0 Å². The molecule has 0 aliphatic heterocycles. The van der Waals surface area contributed by atoms with Gasteiger partial charge in [0.15, 0.2) is 6.10 Å². The second kappa shape index (κ2) is 27.2. The van der Waals surface area contributed by atoms with Gasteiger partial charge in [0.25, 0.3) is 0 Å². The summed E-state index contributed by atoms with van der Waals surface area (Å²) in [5.74, 6) is -0.567. The number of ether oxygens (including phenoxy) is 2. The zero-order valence-electron chi connectivity index (χ0n) is 29.3. The van der Waals surface area contributed by atoms with Crippen molar-refractivity contribution < 1.29 is 39.5 Å². The number of esters is 2. The summed E-state index contributed by atoms with van der Waals surface area (Å²) in [6.07, 6.45) is 23.6. The molecule has 0 amide bonds. The molecule has 6 atom stereocenters. The first-order valence-corrected chi connectivity index (χ1v) is 18.5. The molecule has 268 valence electrons. The van der Waals surface area contributed by atoms with Gasteiger partial charge in [0.05, 0.1) is 31.3 Å². The molecule has 0 spiro atoms. The Kier molecular flexibility index (Phi) is 25.0. The molecule has 1 fully saturated rings. The van der Waals surface area contributed by atoms with Gasteiger partial charge >= 0.3 is 11.9 Å². The van der Waals surface area contributed by atoms with E-state index in [9.17, 15) is 30.0 Å². The second-order valence-electron chi connectivity index (χ2n) is 13.8. The zero-order chi connectivity index (χ0) is 34.0. The maximum atomic E-state index is 12.3. The number of unbranched alkanes of at least 4 members (excludes halogenated alkanes) is 12. The summed E-state index contributed by atoms with van der Waals surface area (Å²) in [5.41, 5.74) is 0. The second-order valence-corrected chi connectivity index (χ2v) is 13.8. The lowest BCUT2D eigenvalue weighted by Gasteiger charge is -2.19. The third-order valence-electron chi connectivity index (χ3n) is 9.03. The van der Waals surface area contributed by atoms with Crippen LogP contribution in [0.1, 0.15) is 149 Å². The SMILES string of the molecule is CCCCC[C@@H](O)/C=C/[C@@H]1[C@H](C/C=C\CC(=O)O[C@@H](CO)COC(=O)CCCCCCCCCCCCCC(C)C)[C@@H](O)C[C@H]1O. The van der Waals surface area contributed by atoms with E-state index in [0.29, 0.717) is 19.3 Å². The van der Waals surface area contributed by atoms with E-state index in [1.165, 1.54) is 57.8 Å². The molecule has 8 nitrogen and oxygen atoms in total. The fraction of sp³-hybridized carbons (Fsp3) is 0.842. The number of carbonyl (C=O) groups is 2. The van der Waals surface area contributed by atoms with Gasteiger partial charge in [0.2, 0.25) is 0 Å². The lowest BCUT2D eigenvalue weighted by Crippen LogP contribution is -2.28. The van der Waals surface area contributed by atoms with Crippen LogP contribution in [0.25, 0.3) is 0 Å². The predicted molar refractivity (Wildman–Crippen MR) is 184 cm³/mol. The van der Waals surface area contributed by atoms with Crippen LogP contribution in [0.3, 0.4) is 0 Å². The van der Waals surface area contributed by atoms with Gasteiger partial charge in [-0.15, -0.1) is 0 Å². The van der Waals surface area contributed by atoms with Crippen molar-refractivity contribution in [2.45, 2.75) is 174 Å². The molecule has 0 radical (unpaired) electrons. The predicted octanol–water partition coefficient (Wildman–Crippen LogP) is 7.35. The third-order valence-corrected chi connectivity index (χ3v) is 9.03. The molecular formula is C38H68O8. The smallest absolute Gasteiger partial charge is 0.310 e. The number of aliphatic hydroxyl groups excluding tert-OH is 4. The fourth-order valence-electron chi connectivity index (χ4n) is 6.12. The van der Waals surface area contributed by atoms with Crippen LogP contribution in [0.5, 0.6) is 0 Å². The molecule has 0 saturated heterocycles. The normalized spacial score (nSPS) is 21.4. The summed E-state index contributed by atoms with van der Waals surface area (Å²) >= 11 is 0. The van der Waals surface area contributed by atoms with Crippen LogP contribution in [0, 0.1) is 17.8 Å². The molecule has 4 N–H and O–H groups in total. The van der Waals surface area contributed by atoms with Crippen LogP contribution in [0.4, 0.5) is 0 Å². The van der Waals surface area contributed by atoms with Crippen molar-refractivity contribution in [3.63, 3.8) is 0 Å².